The normalized spacial score (nSPS) is 16.2. The van der Waals surface area contributed by atoms with Gasteiger partial charge in [-0.25, -0.2) is 0 Å². The highest BCUT2D eigenvalue weighted by atomic mass is 79.9. The number of carbonyl (C=O) groups is 2. The molecule has 2 aromatic rings. The lowest BCUT2D eigenvalue weighted by Crippen LogP contribution is -2.51. The van der Waals surface area contributed by atoms with Crippen molar-refractivity contribution < 1.29 is 9.59 Å². The van der Waals surface area contributed by atoms with Crippen LogP contribution in [0.2, 0.25) is 0 Å². The SMILES string of the molecule is CC(=O)NC(CC(=O)NC1(c2cccc(Br)c2)CCC1)c1ccccc1. The van der Waals surface area contributed by atoms with E-state index in [-0.39, 0.29) is 29.8 Å². The molecule has 3 rings (SSSR count). The van der Waals surface area contributed by atoms with Crippen molar-refractivity contribution in [3.8, 4) is 0 Å². The molecule has 0 bridgehead atoms. The average Bonchev–Trinajstić information content (AvgIpc) is 2.58. The van der Waals surface area contributed by atoms with Gasteiger partial charge in [-0.15, -0.1) is 0 Å². The molecule has 5 heteroatoms. The van der Waals surface area contributed by atoms with Gasteiger partial charge < -0.3 is 10.6 Å². The molecule has 2 N–H and O–H groups in total. The molecule has 26 heavy (non-hydrogen) atoms. The molecule has 2 amide bonds. The second-order valence-electron chi connectivity index (χ2n) is 6.86. The fourth-order valence-corrected chi connectivity index (χ4v) is 3.89. The van der Waals surface area contributed by atoms with Crippen LogP contribution in [-0.4, -0.2) is 11.8 Å². The van der Waals surface area contributed by atoms with E-state index >= 15 is 0 Å². The summed E-state index contributed by atoms with van der Waals surface area (Å²) in [6.45, 7) is 1.47. The fraction of sp³-hybridized carbons (Fsp3) is 0.333. The van der Waals surface area contributed by atoms with Crippen molar-refractivity contribution in [2.45, 2.75) is 44.2 Å². The highest BCUT2D eigenvalue weighted by Crippen LogP contribution is 2.42. The molecule has 0 aromatic heterocycles. The van der Waals surface area contributed by atoms with Crippen molar-refractivity contribution in [3.63, 3.8) is 0 Å². The number of carbonyl (C=O) groups excluding carboxylic acids is 2. The minimum atomic E-state index is -0.326. The standard InChI is InChI=1S/C21H23BrN2O2/c1-15(25)23-19(16-7-3-2-4-8-16)14-20(26)24-21(11-6-12-21)17-9-5-10-18(22)13-17/h2-5,7-10,13,19H,6,11-12,14H2,1H3,(H,23,25)(H,24,26). The van der Waals surface area contributed by atoms with E-state index in [0.29, 0.717) is 0 Å². The van der Waals surface area contributed by atoms with Crippen molar-refractivity contribution in [1.29, 1.82) is 0 Å². The van der Waals surface area contributed by atoms with E-state index in [0.717, 1.165) is 34.9 Å². The Bertz CT molecular complexity index is 788. The van der Waals surface area contributed by atoms with Crippen LogP contribution in [0.4, 0.5) is 0 Å². The van der Waals surface area contributed by atoms with E-state index in [9.17, 15) is 9.59 Å². The summed E-state index contributed by atoms with van der Waals surface area (Å²) < 4.78 is 1.01. The molecule has 1 unspecified atom stereocenters. The van der Waals surface area contributed by atoms with Crippen LogP contribution < -0.4 is 10.6 Å². The van der Waals surface area contributed by atoms with E-state index in [2.05, 4.69) is 38.7 Å². The minimum absolute atomic E-state index is 0.0488. The largest absolute Gasteiger partial charge is 0.349 e. The first-order valence-corrected chi connectivity index (χ1v) is 9.67. The van der Waals surface area contributed by atoms with Crippen LogP contribution in [0.3, 0.4) is 0 Å². The van der Waals surface area contributed by atoms with Crippen LogP contribution in [0.1, 0.15) is 49.8 Å². The zero-order valence-electron chi connectivity index (χ0n) is 14.8. The lowest BCUT2D eigenvalue weighted by atomic mass is 9.71. The number of rotatable bonds is 6. The van der Waals surface area contributed by atoms with E-state index in [4.69, 9.17) is 0 Å². The van der Waals surface area contributed by atoms with Crippen molar-refractivity contribution in [2.24, 2.45) is 0 Å². The fourth-order valence-electron chi connectivity index (χ4n) is 3.49. The van der Waals surface area contributed by atoms with Gasteiger partial charge in [-0.05, 0) is 42.5 Å². The smallest absolute Gasteiger partial charge is 0.223 e. The summed E-state index contributed by atoms with van der Waals surface area (Å²) in [4.78, 5) is 24.4. The quantitative estimate of drug-likeness (QED) is 0.743. The maximum Gasteiger partial charge on any atom is 0.223 e. The molecule has 1 aliphatic rings. The van der Waals surface area contributed by atoms with Gasteiger partial charge >= 0.3 is 0 Å². The predicted octanol–water partition coefficient (Wildman–Crippen LogP) is 4.21. The van der Waals surface area contributed by atoms with Crippen molar-refractivity contribution in [2.75, 3.05) is 0 Å². The molecular weight excluding hydrogens is 392 g/mol. The zero-order valence-corrected chi connectivity index (χ0v) is 16.4. The molecule has 1 atom stereocenters. The maximum absolute atomic E-state index is 12.8. The highest BCUT2D eigenvalue weighted by Gasteiger charge is 2.40. The van der Waals surface area contributed by atoms with Crippen molar-refractivity contribution >= 4 is 27.7 Å². The van der Waals surface area contributed by atoms with Crippen LogP contribution in [0.15, 0.2) is 59.1 Å². The predicted molar refractivity (Wildman–Crippen MR) is 105 cm³/mol. The van der Waals surface area contributed by atoms with Crippen LogP contribution >= 0.6 is 15.9 Å². The molecule has 1 saturated carbocycles. The Balaban J connectivity index is 1.74. The van der Waals surface area contributed by atoms with Gasteiger partial charge in [-0.1, -0.05) is 58.4 Å². The van der Waals surface area contributed by atoms with Crippen LogP contribution in [0, 0.1) is 0 Å². The van der Waals surface area contributed by atoms with E-state index in [1.54, 1.807) is 0 Å². The van der Waals surface area contributed by atoms with Gasteiger partial charge in [0.25, 0.3) is 0 Å². The molecule has 1 aliphatic carbocycles. The molecule has 0 aliphatic heterocycles. The minimum Gasteiger partial charge on any atom is -0.349 e. The van der Waals surface area contributed by atoms with Gasteiger partial charge in [0.15, 0.2) is 0 Å². The Hall–Kier alpha value is -2.14. The van der Waals surface area contributed by atoms with Crippen molar-refractivity contribution in [3.05, 3.63) is 70.2 Å². The number of amides is 2. The van der Waals surface area contributed by atoms with Gasteiger partial charge in [0.05, 0.1) is 18.0 Å². The first-order chi connectivity index (χ1) is 12.5. The summed E-state index contributed by atoms with van der Waals surface area (Å²) in [5.74, 6) is -0.190. The maximum atomic E-state index is 12.8. The molecule has 4 nitrogen and oxygen atoms in total. The second kappa shape index (κ2) is 8.04. The first kappa shape index (κ1) is 18.6. The molecule has 1 fully saturated rings. The van der Waals surface area contributed by atoms with E-state index < -0.39 is 0 Å². The third-order valence-electron chi connectivity index (χ3n) is 4.93. The Morgan fingerprint density at radius 2 is 1.85 bits per heavy atom. The average molecular weight is 415 g/mol. The van der Waals surface area contributed by atoms with Gasteiger partial charge in [0, 0.05) is 11.4 Å². The summed E-state index contributed by atoms with van der Waals surface area (Å²) in [6.07, 6.45) is 3.19. The van der Waals surface area contributed by atoms with E-state index in [1.165, 1.54) is 6.92 Å². The zero-order chi connectivity index (χ0) is 18.6. The topological polar surface area (TPSA) is 58.2 Å². The number of hydrogen-bond donors (Lipinski definition) is 2. The number of benzene rings is 2. The van der Waals surface area contributed by atoms with Gasteiger partial charge in [-0.2, -0.15) is 0 Å². The summed E-state index contributed by atoms with van der Waals surface area (Å²) in [5.41, 5.74) is 1.77. The molecule has 0 saturated heterocycles. The highest BCUT2D eigenvalue weighted by molar-refractivity contribution is 9.10. The molecule has 0 radical (unpaired) electrons. The van der Waals surface area contributed by atoms with Crippen LogP contribution in [0.5, 0.6) is 0 Å². The summed E-state index contributed by atoms with van der Waals surface area (Å²) in [5, 5.41) is 6.13. The van der Waals surface area contributed by atoms with Crippen molar-refractivity contribution in [1.82, 2.24) is 10.6 Å². The third-order valence-corrected chi connectivity index (χ3v) is 5.43. The Morgan fingerprint density at radius 3 is 2.42 bits per heavy atom. The van der Waals surface area contributed by atoms with Crippen LogP contribution in [-0.2, 0) is 15.1 Å². The number of nitrogens with one attached hydrogen (secondary N) is 2. The Morgan fingerprint density at radius 1 is 1.12 bits per heavy atom. The monoisotopic (exact) mass is 414 g/mol. The van der Waals surface area contributed by atoms with Gasteiger partial charge in [0.1, 0.15) is 0 Å². The van der Waals surface area contributed by atoms with E-state index in [1.807, 2.05) is 42.5 Å². The summed E-state index contributed by atoms with van der Waals surface area (Å²) in [6, 6.07) is 17.4. The lowest BCUT2D eigenvalue weighted by molar-refractivity contribution is -0.125. The molecule has 0 spiro atoms. The Kier molecular flexibility index (Phi) is 5.77. The number of halogens is 1. The second-order valence-corrected chi connectivity index (χ2v) is 7.78. The summed E-state index contributed by atoms with van der Waals surface area (Å²) >= 11 is 3.51. The lowest BCUT2D eigenvalue weighted by Gasteiger charge is -2.43. The van der Waals surface area contributed by atoms with Gasteiger partial charge in [-0.3, -0.25) is 9.59 Å². The molecule has 136 valence electrons. The van der Waals surface area contributed by atoms with Crippen LogP contribution in [0.25, 0.3) is 0 Å². The first-order valence-electron chi connectivity index (χ1n) is 8.88. The van der Waals surface area contributed by atoms with Gasteiger partial charge in [0.2, 0.25) is 11.8 Å². The Labute approximate surface area is 162 Å². The third kappa shape index (κ3) is 4.33. The molecule has 0 heterocycles. The summed E-state index contributed by atoms with van der Waals surface area (Å²) in [7, 11) is 0. The molecule has 2 aromatic carbocycles. The molecular formula is C21H23BrN2O2. The number of hydrogen-bond acceptors (Lipinski definition) is 2.